The number of nitrogens with one attached hydrogen (secondary N) is 2. The Labute approximate surface area is 145 Å². The highest BCUT2D eigenvalue weighted by Gasteiger charge is 2.20. The van der Waals surface area contributed by atoms with Gasteiger partial charge in [0.15, 0.2) is 0 Å². The highest BCUT2D eigenvalue weighted by Crippen LogP contribution is 2.26. The Hall–Kier alpha value is -2.41. The second-order valence-corrected chi connectivity index (χ2v) is 7.31. The summed E-state index contributed by atoms with van der Waals surface area (Å²) in [5.74, 6) is -0.139. The average molecular weight is 347 g/mol. The monoisotopic (exact) mass is 347 g/mol. The molecule has 6 nitrogen and oxygen atoms in total. The fourth-order valence-electron chi connectivity index (χ4n) is 1.87. The molecule has 0 aliphatic rings. The third-order valence-corrected chi connectivity index (χ3v) is 4.63. The van der Waals surface area contributed by atoms with Gasteiger partial charge in [-0.05, 0) is 17.7 Å². The number of carbonyl (C=O) groups is 2. The Morgan fingerprint density at radius 2 is 1.88 bits per heavy atom. The van der Waals surface area contributed by atoms with Gasteiger partial charge in [0.25, 0.3) is 5.91 Å². The Balaban J connectivity index is 1.92. The van der Waals surface area contributed by atoms with E-state index in [9.17, 15) is 9.59 Å². The van der Waals surface area contributed by atoms with Gasteiger partial charge in [-0.1, -0.05) is 32.9 Å². The lowest BCUT2D eigenvalue weighted by Crippen LogP contribution is -2.21. The Morgan fingerprint density at radius 1 is 1.21 bits per heavy atom. The number of carbonyl (C=O) groups excluding carboxylic acids is 2. The summed E-state index contributed by atoms with van der Waals surface area (Å²) in [6.07, 6.45) is 1.10. The molecule has 128 valence electrons. The van der Waals surface area contributed by atoms with E-state index in [1.54, 1.807) is 18.3 Å². The minimum absolute atomic E-state index is 0.0638. The van der Waals surface area contributed by atoms with Gasteiger partial charge in [-0.2, -0.15) is 0 Å². The number of benzene rings is 1. The van der Waals surface area contributed by atoms with E-state index in [4.69, 9.17) is 0 Å². The molecule has 2 amide bonds. The number of rotatable bonds is 4. The summed E-state index contributed by atoms with van der Waals surface area (Å²) in [6, 6.07) is 7.17. The molecular formula is C17H21N3O3S. The van der Waals surface area contributed by atoms with Crippen LogP contribution in [0.1, 0.15) is 41.0 Å². The number of nitrogens with zero attached hydrogens (tertiary/aromatic N) is 1. The van der Waals surface area contributed by atoms with Crippen molar-refractivity contribution in [1.82, 2.24) is 10.3 Å². The van der Waals surface area contributed by atoms with Crippen molar-refractivity contribution in [1.29, 1.82) is 0 Å². The van der Waals surface area contributed by atoms with Gasteiger partial charge in [0, 0.05) is 17.6 Å². The quantitative estimate of drug-likeness (QED) is 0.886. The number of anilines is 1. The van der Waals surface area contributed by atoms with Gasteiger partial charge in [-0.15, -0.1) is 11.3 Å². The fourth-order valence-corrected chi connectivity index (χ4v) is 2.76. The second-order valence-electron chi connectivity index (χ2n) is 6.28. The van der Waals surface area contributed by atoms with E-state index in [2.05, 4.69) is 41.1 Å². The number of hydrogen-bond acceptors (Lipinski definition) is 5. The third-order valence-electron chi connectivity index (χ3n) is 3.21. The zero-order valence-electron chi connectivity index (χ0n) is 14.2. The molecule has 2 N–H and O–H groups in total. The van der Waals surface area contributed by atoms with Crippen LogP contribution in [0.2, 0.25) is 0 Å². The summed E-state index contributed by atoms with van der Waals surface area (Å²) in [7, 11) is 1.31. The topological polar surface area (TPSA) is 80.3 Å². The molecule has 1 heterocycles. The van der Waals surface area contributed by atoms with Crippen molar-refractivity contribution in [3.63, 3.8) is 0 Å². The third kappa shape index (κ3) is 4.79. The first-order valence-corrected chi connectivity index (χ1v) is 8.29. The van der Waals surface area contributed by atoms with Gasteiger partial charge < -0.3 is 10.1 Å². The summed E-state index contributed by atoms with van der Waals surface area (Å²) in [6.45, 7) is 6.60. The number of aromatic nitrogens is 1. The minimum Gasteiger partial charge on any atom is -0.453 e. The van der Waals surface area contributed by atoms with Gasteiger partial charge >= 0.3 is 6.09 Å². The maximum Gasteiger partial charge on any atom is 0.411 e. The number of thiazole rings is 1. The molecule has 24 heavy (non-hydrogen) atoms. The van der Waals surface area contributed by atoms with Crippen LogP contribution in [0.15, 0.2) is 30.5 Å². The molecule has 7 heteroatoms. The van der Waals surface area contributed by atoms with E-state index in [0.717, 1.165) is 10.6 Å². The van der Waals surface area contributed by atoms with E-state index < -0.39 is 6.09 Å². The van der Waals surface area contributed by atoms with E-state index >= 15 is 0 Å². The smallest absolute Gasteiger partial charge is 0.411 e. The molecule has 0 saturated carbocycles. The van der Waals surface area contributed by atoms with Crippen LogP contribution < -0.4 is 10.6 Å². The van der Waals surface area contributed by atoms with Crippen molar-refractivity contribution in [2.24, 2.45) is 0 Å². The van der Waals surface area contributed by atoms with E-state index in [1.165, 1.54) is 18.4 Å². The van der Waals surface area contributed by atoms with Crippen LogP contribution in [0, 0.1) is 0 Å². The Bertz CT molecular complexity index is 717. The highest BCUT2D eigenvalue weighted by molar-refractivity contribution is 7.13. The van der Waals surface area contributed by atoms with Crippen LogP contribution in [0.3, 0.4) is 0 Å². The lowest BCUT2D eigenvalue weighted by atomic mass is 9.98. The van der Waals surface area contributed by atoms with Crippen molar-refractivity contribution < 1.29 is 14.3 Å². The van der Waals surface area contributed by atoms with Crippen LogP contribution in [0.4, 0.5) is 10.5 Å². The standard InChI is InChI=1S/C17H21N3O3S/c1-17(2,3)15-19-10-13(24-15)14(21)18-9-11-5-7-12(8-6-11)20-16(22)23-4/h5-8,10H,9H2,1-4H3,(H,18,21)(H,20,22). The summed E-state index contributed by atoms with van der Waals surface area (Å²) >= 11 is 1.41. The van der Waals surface area contributed by atoms with Crippen LogP contribution in [0.25, 0.3) is 0 Å². The number of amides is 2. The summed E-state index contributed by atoms with van der Waals surface area (Å²) in [4.78, 5) is 28.2. The Kier molecular flexibility index (Phi) is 5.56. The van der Waals surface area contributed by atoms with Crippen LogP contribution in [0.5, 0.6) is 0 Å². The first-order valence-electron chi connectivity index (χ1n) is 7.48. The molecule has 2 aromatic rings. The van der Waals surface area contributed by atoms with Crippen molar-refractivity contribution in [2.45, 2.75) is 32.7 Å². The minimum atomic E-state index is -0.518. The average Bonchev–Trinajstić information content (AvgIpc) is 3.04. The van der Waals surface area contributed by atoms with Gasteiger partial charge in [0.1, 0.15) is 4.88 Å². The Morgan fingerprint density at radius 3 is 2.42 bits per heavy atom. The molecule has 0 radical (unpaired) electrons. The molecule has 0 spiro atoms. The van der Waals surface area contributed by atoms with Crippen molar-refractivity contribution in [2.75, 3.05) is 12.4 Å². The molecule has 2 rings (SSSR count). The van der Waals surface area contributed by atoms with Crippen molar-refractivity contribution in [3.8, 4) is 0 Å². The molecule has 0 bridgehead atoms. The normalized spacial score (nSPS) is 11.0. The van der Waals surface area contributed by atoms with Gasteiger partial charge in [-0.25, -0.2) is 9.78 Å². The summed E-state index contributed by atoms with van der Waals surface area (Å²) in [5.41, 5.74) is 1.50. The number of methoxy groups -OCH3 is 1. The number of ether oxygens (including phenoxy) is 1. The highest BCUT2D eigenvalue weighted by atomic mass is 32.1. The predicted octanol–water partition coefficient (Wildman–Crippen LogP) is 3.55. The lowest BCUT2D eigenvalue weighted by molar-refractivity contribution is 0.0954. The first kappa shape index (κ1) is 17.9. The van der Waals surface area contributed by atoms with Crippen molar-refractivity contribution >= 4 is 29.0 Å². The largest absolute Gasteiger partial charge is 0.453 e. The molecule has 0 unspecified atom stereocenters. The van der Waals surface area contributed by atoms with Gasteiger partial charge in [0.05, 0.1) is 18.3 Å². The SMILES string of the molecule is COC(=O)Nc1ccc(CNC(=O)c2cnc(C(C)(C)C)s2)cc1. The van der Waals surface area contributed by atoms with Crippen LogP contribution in [-0.2, 0) is 16.7 Å². The molecule has 0 atom stereocenters. The van der Waals surface area contributed by atoms with Crippen LogP contribution >= 0.6 is 11.3 Å². The fraction of sp³-hybridized carbons (Fsp3) is 0.353. The molecule has 1 aromatic heterocycles. The summed E-state index contributed by atoms with van der Waals surface area (Å²) in [5, 5.41) is 6.38. The molecule has 1 aromatic carbocycles. The molecule has 0 aliphatic carbocycles. The van der Waals surface area contributed by atoms with Crippen LogP contribution in [-0.4, -0.2) is 24.1 Å². The lowest BCUT2D eigenvalue weighted by Gasteiger charge is -2.13. The first-order chi connectivity index (χ1) is 11.3. The van der Waals surface area contributed by atoms with Gasteiger partial charge in [0.2, 0.25) is 0 Å². The molecular weight excluding hydrogens is 326 g/mol. The van der Waals surface area contributed by atoms with Gasteiger partial charge in [-0.3, -0.25) is 10.1 Å². The molecule has 0 saturated heterocycles. The molecule has 0 aliphatic heterocycles. The molecule has 0 fully saturated rings. The predicted molar refractivity (Wildman–Crippen MR) is 94.5 cm³/mol. The van der Waals surface area contributed by atoms with E-state index in [0.29, 0.717) is 17.1 Å². The van der Waals surface area contributed by atoms with E-state index in [1.807, 2.05) is 12.1 Å². The number of hydrogen-bond donors (Lipinski definition) is 2. The zero-order valence-corrected chi connectivity index (χ0v) is 15.0. The van der Waals surface area contributed by atoms with E-state index in [-0.39, 0.29) is 11.3 Å². The second kappa shape index (κ2) is 7.44. The maximum atomic E-state index is 12.2. The summed E-state index contributed by atoms with van der Waals surface area (Å²) < 4.78 is 4.53. The van der Waals surface area contributed by atoms with Crippen molar-refractivity contribution in [3.05, 3.63) is 45.9 Å². The zero-order chi connectivity index (χ0) is 17.7. The maximum absolute atomic E-state index is 12.2.